The fourth-order valence-corrected chi connectivity index (χ4v) is 0.755. The summed E-state index contributed by atoms with van der Waals surface area (Å²) in [6.07, 6.45) is 3.20. The number of hydrogen-bond acceptors (Lipinski definition) is 2. The van der Waals surface area contributed by atoms with Gasteiger partial charge < -0.3 is 9.52 Å². The first kappa shape index (κ1) is 7.09. The van der Waals surface area contributed by atoms with Gasteiger partial charge in [-0.15, -0.1) is 6.58 Å². The highest BCUT2D eigenvalue weighted by Crippen LogP contribution is 2.16. The minimum Gasteiger partial charge on any atom is -0.467 e. The van der Waals surface area contributed by atoms with Crippen LogP contribution in [0.5, 0.6) is 0 Å². The zero-order chi connectivity index (χ0) is 7.40. The molecule has 1 unspecified atom stereocenters. The van der Waals surface area contributed by atoms with Crippen LogP contribution in [0, 0.1) is 0 Å². The van der Waals surface area contributed by atoms with E-state index in [1.54, 1.807) is 24.5 Å². The van der Waals surface area contributed by atoms with Gasteiger partial charge in [-0.25, -0.2) is 0 Å². The summed E-state index contributed by atoms with van der Waals surface area (Å²) >= 11 is 0. The lowest BCUT2D eigenvalue weighted by atomic mass is 10.2. The van der Waals surface area contributed by atoms with E-state index in [0.29, 0.717) is 12.2 Å². The summed E-state index contributed by atoms with van der Waals surface area (Å²) in [7, 11) is 0. The molecule has 1 heterocycles. The van der Waals surface area contributed by atoms with E-state index < -0.39 is 6.10 Å². The molecule has 1 N–H and O–H groups in total. The van der Waals surface area contributed by atoms with Gasteiger partial charge in [0.25, 0.3) is 0 Å². The van der Waals surface area contributed by atoms with Crippen LogP contribution < -0.4 is 0 Å². The molecule has 1 atom stereocenters. The number of aliphatic hydroxyl groups excluding tert-OH is 1. The van der Waals surface area contributed by atoms with Crippen molar-refractivity contribution >= 4 is 0 Å². The predicted molar refractivity (Wildman–Crippen MR) is 38.5 cm³/mol. The molecule has 0 aliphatic rings. The molecule has 54 valence electrons. The van der Waals surface area contributed by atoms with Gasteiger partial charge in [0.1, 0.15) is 11.9 Å². The van der Waals surface area contributed by atoms with Crippen LogP contribution in [-0.2, 0) is 0 Å². The van der Waals surface area contributed by atoms with Crippen molar-refractivity contribution in [2.45, 2.75) is 12.5 Å². The Morgan fingerprint density at radius 2 is 2.60 bits per heavy atom. The molecule has 1 aromatic rings. The summed E-state index contributed by atoms with van der Waals surface area (Å²) in [6.45, 7) is 3.51. The van der Waals surface area contributed by atoms with Gasteiger partial charge in [0.05, 0.1) is 6.26 Å². The van der Waals surface area contributed by atoms with Gasteiger partial charge in [0, 0.05) is 0 Å². The van der Waals surface area contributed by atoms with Gasteiger partial charge in [-0.2, -0.15) is 0 Å². The van der Waals surface area contributed by atoms with Crippen molar-refractivity contribution in [2.75, 3.05) is 0 Å². The van der Waals surface area contributed by atoms with Crippen LogP contribution in [0.3, 0.4) is 0 Å². The summed E-state index contributed by atoms with van der Waals surface area (Å²) in [5.41, 5.74) is 0. The van der Waals surface area contributed by atoms with Crippen LogP contribution in [-0.4, -0.2) is 5.11 Å². The summed E-state index contributed by atoms with van der Waals surface area (Å²) in [6, 6.07) is 3.50. The average molecular weight is 138 g/mol. The molecule has 0 saturated heterocycles. The molecular weight excluding hydrogens is 128 g/mol. The molecule has 10 heavy (non-hydrogen) atoms. The average Bonchev–Trinajstić information content (AvgIpc) is 2.38. The van der Waals surface area contributed by atoms with E-state index in [9.17, 15) is 5.11 Å². The van der Waals surface area contributed by atoms with Gasteiger partial charge in [-0.1, -0.05) is 6.08 Å². The maximum Gasteiger partial charge on any atom is 0.132 e. The Labute approximate surface area is 59.8 Å². The lowest BCUT2D eigenvalue weighted by Crippen LogP contribution is -1.91. The number of aliphatic hydroxyl groups is 1. The van der Waals surface area contributed by atoms with Crippen molar-refractivity contribution in [3.05, 3.63) is 36.8 Å². The summed E-state index contributed by atoms with van der Waals surface area (Å²) < 4.78 is 4.95. The van der Waals surface area contributed by atoms with Crippen molar-refractivity contribution in [3.63, 3.8) is 0 Å². The second-order valence-electron chi connectivity index (χ2n) is 2.06. The van der Waals surface area contributed by atoms with E-state index in [1.165, 1.54) is 0 Å². The Morgan fingerprint density at radius 1 is 1.80 bits per heavy atom. The first-order chi connectivity index (χ1) is 4.84. The lowest BCUT2D eigenvalue weighted by Gasteiger charge is -2.01. The number of rotatable bonds is 3. The molecule has 0 spiro atoms. The third-order valence-electron chi connectivity index (χ3n) is 1.26. The number of hydrogen-bond donors (Lipinski definition) is 1. The summed E-state index contributed by atoms with van der Waals surface area (Å²) in [5, 5.41) is 9.24. The lowest BCUT2D eigenvalue weighted by molar-refractivity contribution is 0.153. The van der Waals surface area contributed by atoms with Gasteiger partial charge >= 0.3 is 0 Å². The molecule has 0 aromatic carbocycles. The van der Waals surface area contributed by atoms with Crippen LogP contribution in [0.25, 0.3) is 0 Å². The highest BCUT2D eigenvalue weighted by molar-refractivity contribution is 5.02. The third-order valence-corrected chi connectivity index (χ3v) is 1.26. The van der Waals surface area contributed by atoms with E-state index in [1.807, 2.05) is 0 Å². The normalized spacial score (nSPS) is 12.9. The summed E-state index contributed by atoms with van der Waals surface area (Å²) in [4.78, 5) is 0. The van der Waals surface area contributed by atoms with Crippen LogP contribution in [0.15, 0.2) is 35.5 Å². The van der Waals surface area contributed by atoms with Gasteiger partial charge in [0.2, 0.25) is 0 Å². The monoisotopic (exact) mass is 138 g/mol. The van der Waals surface area contributed by atoms with Gasteiger partial charge in [0.15, 0.2) is 0 Å². The quantitative estimate of drug-likeness (QED) is 0.647. The van der Waals surface area contributed by atoms with Crippen molar-refractivity contribution in [3.8, 4) is 0 Å². The summed E-state index contributed by atoms with van der Waals surface area (Å²) in [5.74, 6) is 0.597. The molecule has 0 fully saturated rings. The zero-order valence-electron chi connectivity index (χ0n) is 5.66. The Hall–Kier alpha value is -1.02. The van der Waals surface area contributed by atoms with Crippen LogP contribution in [0.1, 0.15) is 18.3 Å². The largest absolute Gasteiger partial charge is 0.467 e. The Kier molecular flexibility index (Phi) is 2.29. The van der Waals surface area contributed by atoms with Crippen molar-refractivity contribution < 1.29 is 9.52 Å². The van der Waals surface area contributed by atoms with Crippen LogP contribution in [0.4, 0.5) is 0 Å². The predicted octanol–water partition coefficient (Wildman–Crippen LogP) is 1.89. The zero-order valence-corrected chi connectivity index (χ0v) is 5.66. The fourth-order valence-electron chi connectivity index (χ4n) is 0.755. The SMILES string of the molecule is C=CCC(O)c1ccco1. The molecule has 2 nitrogen and oxygen atoms in total. The Bertz CT molecular complexity index is 189. The van der Waals surface area contributed by atoms with Crippen molar-refractivity contribution in [1.29, 1.82) is 0 Å². The second kappa shape index (κ2) is 3.22. The molecule has 0 saturated carbocycles. The van der Waals surface area contributed by atoms with Crippen molar-refractivity contribution in [1.82, 2.24) is 0 Å². The highest BCUT2D eigenvalue weighted by Gasteiger charge is 2.06. The first-order valence-electron chi connectivity index (χ1n) is 3.17. The van der Waals surface area contributed by atoms with E-state index in [4.69, 9.17) is 4.42 Å². The van der Waals surface area contributed by atoms with Gasteiger partial charge in [-0.3, -0.25) is 0 Å². The fraction of sp³-hybridized carbons (Fsp3) is 0.250. The minimum atomic E-state index is -0.535. The molecule has 0 radical (unpaired) electrons. The third kappa shape index (κ3) is 1.48. The van der Waals surface area contributed by atoms with E-state index in [2.05, 4.69) is 6.58 Å². The highest BCUT2D eigenvalue weighted by atomic mass is 16.4. The molecule has 2 heteroatoms. The first-order valence-corrected chi connectivity index (χ1v) is 3.17. The van der Waals surface area contributed by atoms with E-state index >= 15 is 0 Å². The topological polar surface area (TPSA) is 33.4 Å². The molecule has 0 aliphatic carbocycles. The van der Waals surface area contributed by atoms with Crippen LogP contribution >= 0.6 is 0 Å². The van der Waals surface area contributed by atoms with E-state index in [0.717, 1.165) is 0 Å². The Balaban J connectivity index is 2.58. The minimum absolute atomic E-state index is 0.535. The number of furan rings is 1. The van der Waals surface area contributed by atoms with Gasteiger partial charge in [-0.05, 0) is 18.6 Å². The second-order valence-corrected chi connectivity index (χ2v) is 2.06. The molecular formula is C8H10O2. The van der Waals surface area contributed by atoms with E-state index in [-0.39, 0.29) is 0 Å². The smallest absolute Gasteiger partial charge is 0.132 e. The van der Waals surface area contributed by atoms with Crippen LogP contribution in [0.2, 0.25) is 0 Å². The molecule has 1 aromatic heterocycles. The maximum atomic E-state index is 9.24. The molecule has 0 amide bonds. The molecule has 0 aliphatic heterocycles. The standard InChI is InChI=1S/C8H10O2/c1-2-4-7(9)8-5-3-6-10-8/h2-3,5-7,9H,1,4H2. The molecule has 0 bridgehead atoms. The van der Waals surface area contributed by atoms with Crippen molar-refractivity contribution in [2.24, 2.45) is 0 Å². The molecule has 1 rings (SSSR count). The maximum absolute atomic E-state index is 9.24. The Morgan fingerprint density at radius 3 is 3.10 bits per heavy atom.